The van der Waals surface area contributed by atoms with Gasteiger partial charge in [0.25, 0.3) is 5.56 Å². The molecular formula is C26H31N5O3SSi. The quantitative estimate of drug-likeness (QED) is 0.172. The molecule has 0 fully saturated rings. The first-order valence-corrected chi connectivity index (χ1v) is 17.2. The van der Waals surface area contributed by atoms with Crippen molar-refractivity contribution in [2.24, 2.45) is 7.05 Å². The molecule has 0 aliphatic heterocycles. The van der Waals surface area contributed by atoms with E-state index in [0.29, 0.717) is 18.8 Å². The van der Waals surface area contributed by atoms with E-state index in [1.807, 2.05) is 58.9 Å². The van der Waals surface area contributed by atoms with E-state index in [2.05, 4.69) is 29.8 Å². The van der Waals surface area contributed by atoms with Crippen LogP contribution >= 0.6 is 0 Å². The van der Waals surface area contributed by atoms with Gasteiger partial charge in [0.15, 0.2) is 4.90 Å². The Hall–Kier alpha value is -2.92. The SMILES string of the molecule is Cn1c2cc([S+](C)[O-])ccc2c2cnn(Cc3cccc4c3cnn4COCC[Si](C)(C)C)c(=O)c21. The zero-order chi connectivity index (χ0) is 25.6. The van der Waals surface area contributed by atoms with Gasteiger partial charge in [-0.15, -0.1) is 0 Å². The maximum atomic E-state index is 13.5. The van der Waals surface area contributed by atoms with Crippen molar-refractivity contribution in [3.05, 3.63) is 64.7 Å². The Morgan fingerprint density at radius 2 is 1.75 bits per heavy atom. The standard InChI is InChI=1S/C26H31N5O3SSi/c1-29-24-13-19(35(2)33)9-10-20(24)22-15-27-30(26(32)25(22)29)16-18-7-6-8-23-21(18)14-28-31(23)17-34-11-12-36(3,4)5/h6-10,13-15H,11-12,16-17H2,1-5H3. The van der Waals surface area contributed by atoms with E-state index in [9.17, 15) is 9.35 Å². The summed E-state index contributed by atoms with van der Waals surface area (Å²) in [6.45, 7) is 8.48. The molecule has 5 aromatic rings. The summed E-state index contributed by atoms with van der Waals surface area (Å²) in [6.07, 6.45) is 5.23. The highest BCUT2D eigenvalue weighted by Gasteiger charge is 2.17. The molecule has 1 atom stereocenters. The molecule has 0 aliphatic carbocycles. The molecule has 188 valence electrons. The van der Waals surface area contributed by atoms with E-state index in [1.165, 1.54) is 4.68 Å². The molecule has 0 aliphatic rings. The van der Waals surface area contributed by atoms with Crippen molar-refractivity contribution in [2.75, 3.05) is 12.9 Å². The first-order chi connectivity index (χ1) is 17.1. The van der Waals surface area contributed by atoms with Crippen LogP contribution in [0.3, 0.4) is 0 Å². The van der Waals surface area contributed by atoms with Gasteiger partial charge in [0, 0.05) is 44.0 Å². The molecular weight excluding hydrogens is 490 g/mol. The lowest BCUT2D eigenvalue weighted by Crippen LogP contribution is -2.24. The smallest absolute Gasteiger partial charge is 0.291 e. The molecule has 3 aromatic heterocycles. The van der Waals surface area contributed by atoms with E-state index in [-0.39, 0.29) is 5.56 Å². The summed E-state index contributed by atoms with van der Waals surface area (Å²) in [7, 11) is 0.724. The second-order valence-electron chi connectivity index (χ2n) is 10.4. The van der Waals surface area contributed by atoms with Gasteiger partial charge in [-0.25, -0.2) is 9.36 Å². The number of hydrogen-bond acceptors (Lipinski definition) is 5. The summed E-state index contributed by atoms with van der Waals surface area (Å²) in [4.78, 5) is 14.3. The summed E-state index contributed by atoms with van der Waals surface area (Å²) >= 11 is -1.10. The molecule has 2 aromatic carbocycles. The Bertz CT molecular complexity index is 1630. The summed E-state index contributed by atoms with van der Waals surface area (Å²) in [5, 5.41) is 11.7. The highest BCUT2D eigenvalue weighted by molar-refractivity contribution is 7.90. The maximum Gasteiger partial charge on any atom is 0.291 e. The lowest BCUT2D eigenvalue weighted by atomic mass is 10.1. The van der Waals surface area contributed by atoms with Crippen LogP contribution in [-0.4, -0.2) is 49.6 Å². The van der Waals surface area contributed by atoms with Gasteiger partial charge in [-0.05, 0) is 41.0 Å². The van der Waals surface area contributed by atoms with Crippen LogP contribution in [0.15, 0.2) is 58.5 Å². The molecule has 0 radical (unpaired) electrons. The molecule has 0 saturated heterocycles. The van der Waals surface area contributed by atoms with Crippen LogP contribution < -0.4 is 5.56 Å². The Balaban J connectivity index is 1.47. The third-order valence-electron chi connectivity index (χ3n) is 6.61. The van der Waals surface area contributed by atoms with Gasteiger partial charge in [0.1, 0.15) is 18.5 Å². The van der Waals surface area contributed by atoms with Crippen LogP contribution in [0.1, 0.15) is 5.56 Å². The Morgan fingerprint density at radius 1 is 1.00 bits per heavy atom. The Kier molecular flexibility index (Phi) is 6.54. The molecule has 0 amide bonds. The predicted molar refractivity (Wildman–Crippen MR) is 148 cm³/mol. The first kappa shape index (κ1) is 24.8. The normalized spacial score (nSPS) is 13.3. The topological polar surface area (TPSA) is 89.9 Å². The van der Waals surface area contributed by atoms with Crippen molar-refractivity contribution in [1.82, 2.24) is 24.1 Å². The Morgan fingerprint density at radius 3 is 2.50 bits per heavy atom. The van der Waals surface area contributed by atoms with Crippen LogP contribution in [0.25, 0.3) is 32.7 Å². The van der Waals surface area contributed by atoms with Gasteiger partial charge in [0.05, 0.1) is 30.0 Å². The summed E-state index contributed by atoms with van der Waals surface area (Å²) < 4.78 is 23.1. The minimum atomic E-state index is -1.14. The van der Waals surface area contributed by atoms with Crippen molar-refractivity contribution in [3.63, 3.8) is 0 Å². The fraction of sp³-hybridized carbons (Fsp3) is 0.346. The van der Waals surface area contributed by atoms with E-state index in [4.69, 9.17) is 4.74 Å². The van der Waals surface area contributed by atoms with Gasteiger partial charge in [-0.3, -0.25) is 4.79 Å². The fourth-order valence-electron chi connectivity index (χ4n) is 4.52. The zero-order valence-corrected chi connectivity index (χ0v) is 23.1. The number of nitrogens with zero attached hydrogens (tertiary/aromatic N) is 5. The molecule has 0 saturated carbocycles. The first-order valence-electron chi connectivity index (χ1n) is 12.0. The second-order valence-corrected chi connectivity index (χ2v) is 17.4. The lowest BCUT2D eigenvalue weighted by Gasteiger charge is -2.15. The van der Waals surface area contributed by atoms with Gasteiger partial charge >= 0.3 is 0 Å². The summed E-state index contributed by atoms with van der Waals surface area (Å²) in [6, 6.07) is 12.8. The monoisotopic (exact) mass is 521 g/mol. The largest absolute Gasteiger partial charge is 0.612 e. The van der Waals surface area contributed by atoms with Crippen LogP contribution in [0.4, 0.5) is 0 Å². The third kappa shape index (κ3) is 4.61. The maximum absolute atomic E-state index is 13.5. The number of aryl methyl sites for hydroxylation is 1. The molecule has 0 bridgehead atoms. The number of aromatic nitrogens is 5. The van der Waals surface area contributed by atoms with Crippen molar-refractivity contribution in [1.29, 1.82) is 0 Å². The molecule has 10 heteroatoms. The lowest BCUT2D eigenvalue weighted by molar-refractivity contribution is 0.0817. The van der Waals surface area contributed by atoms with Crippen LogP contribution in [0.5, 0.6) is 0 Å². The van der Waals surface area contributed by atoms with E-state index < -0.39 is 19.2 Å². The zero-order valence-electron chi connectivity index (χ0n) is 21.3. The van der Waals surface area contributed by atoms with Crippen molar-refractivity contribution >= 4 is 52.0 Å². The van der Waals surface area contributed by atoms with E-state index >= 15 is 0 Å². The number of ether oxygens (including phenoxy) is 1. The number of rotatable bonds is 8. The van der Waals surface area contributed by atoms with Gasteiger partial charge in [-0.1, -0.05) is 31.8 Å². The average Bonchev–Trinajstić information content (AvgIpc) is 3.37. The van der Waals surface area contributed by atoms with Crippen LogP contribution in [0.2, 0.25) is 25.7 Å². The van der Waals surface area contributed by atoms with Crippen LogP contribution in [0, 0.1) is 0 Å². The van der Waals surface area contributed by atoms with E-state index in [0.717, 1.165) is 50.3 Å². The minimum absolute atomic E-state index is 0.163. The highest BCUT2D eigenvalue weighted by atomic mass is 32.2. The van der Waals surface area contributed by atoms with Crippen molar-refractivity contribution in [3.8, 4) is 0 Å². The van der Waals surface area contributed by atoms with Gasteiger partial charge in [0.2, 0.25) is 0 Å². The number of hydrogen-bond donors (Lipinski definition) is 0. The highest BCUT2D eigenvalue weighted by Crippen LogP contribution is 2.28. The summed E-state index contributed by atoms with van der Waals surface area (Å²) in [5.74, 6) is 0. The molecule has 3 heterocycles. The molecule has 8 nitrogen and oxygen atoms in total. The Labute approximate surface area is 213 Å². The summed E-state index contributed by atoms with van der Waals surface area (Å²) in [5.41, 5.74) is 3.23. The second kappa shape index (κ2) is 9.51. The van der Waals surface area contributed by atoms with E-state index in [1.54, 1.807) is 12.5 Å². The van der Waals surface area contributed by atoms with Crippen molar-refractivity contribution in [2.45, 2.75) is 43.9 Å². The average molecular weight is 522 g/mol. The van der Waals surface area contributed by atoms with Crippen LogP contribution in [-0.2, 0) is 36.2 Å². The predicted octanol–water partition coefficient (Wildman–Crippen LogP) is 4.34. The molecule has 36 heavy (non-hydrogen) atoms. The molecule has 0 N–H and O–H groups in total. The fourth-order valence-corrected chi connectivity index (χ4v) is 5.82. The third-order valence-corrected chi connectivity index (χ3v) is 9.24. The van der Waals surface area contributed by atoms with Gasteiger partial charge in [-0.2, -0.15) is 10.2 Å². The number of fused-ring (bicyclic) bond motifs is 4. The van der Waals surface area contributed by atoms with Crippen molar-refractivity contribution < 1.29 is 9.29 Å². The minimum Gasteiger partial charge on any atom is -0.612 e. The molecule has 5 rings (SSSR count). The van der Waals surface area contributed by atoms with Gasteiger partial charge < -0.3 is 13.9 Å². The molecule has 0 spiro atoms. The molecule has 1 unspecified atom stereocenters. The number of benzene rings is 2.